The van der Waals surface area contributed by atoms with Crippen LogP contribution in [0.25, 0.3) is 0 Å². The number of amides is 2. The summed E-state index contributed by atoms with van der Waals surface area (Å²) in [5.74, 6) is -2.31. The number of hydrogen-bond donors (Lipinski definition) is 3. The number of hydrogen-bond acceptors (Lipinski definition) is 6. The van der Waals surface area contributed by atoms with Crippen molar-refractivity contribution in [3.63, 3.8) is 0 Å². The zero-order chi connectivity index (χ0) is 22.4. The Labute approximate surface area is 176 Å². The number of esters is 1. The molecule has 1 aromatic carbocycles. The van der Waals surface area contributed by atoms with Crippen LogP contribution in [-0.2, 0) is 30.5 Å². The van der Waals surface area contributed by atoms with Crippen LogP contribution in [0.15, 0.2) is 30.3 Å². The number of carboxylic acid groups (broad SMARTS) is 1. The number of carbonyl (C=O) groups excluding carboxylic acids is 3. The molecule has 166 valence electrons. The molecule has 9 heteroatoms. The molecular formula is C21H30N2O7. The lowest BCUT2D eigenvalue weighted by molar-refractivity contribution is -0.149. The summed E-state index contributed by atoms with van der Waals surface area (Å²) in [5, 5.41) is 14.0. The second-order valence-corrected chi connectivity index (χ2v) is 6.82. The van der Waals surface area contributed by atoms with Crippen LogP contribution in [0.3, 0.4) is 0 Å². The molecule has 0 aromatic heterocycles. The third-order valence-electron chi connectivity index (χ3n) is 4.13. The molecule has 2 amide bonds. The Kier molecular flexibility index (Phi) is 11.6. The van der Waals surface area contributed by atoms with Gasteiger partial charge in [-0.3, -0.25) is 9.59 Å². The van der Waals surface area contributed by atoms with Crippen molar-refractivity contribution in [1.29, 1.82) is 0 Å². The molecule has 0 saturated carbocycles. The van der Waals surface area contributed by atoms with Crippen molar-refractivity contribution in [1.82, 2.24) is 10.6 Å². The van der Waals surface area contributed by atoms with E-state index >= 15 is 0 Å². The van der Waals surface area contributed by atoms with Gasteiger partial charge >= 0.3 is 18.0 Å². The summed E-state index contributed by atoms with van der Waals surface area (Å²) in [5.41, 5.74) is 0.825. The van der Waals surface area contributed by atoms with Crippen LogP contribution in [0, 0.1) is 0 Å². The normalized spacial score (nSPS) is 12.3. The number of benzene rings is 1. The second-order valence-electron chi connectivity index (χ2n) is 6.82. The van der Waals surface area contributed by atoms with Gasteiger partial charge in [-0.2, -0.15) is 0 Å². The minimum atomic E-state index is -1.23. The first-order valence-corrected chi connectivity index (χ1v) is 9.98. The Balaban J connectivity index is 2.29. The van der Waals surface area contributed by atoms with E-state index in [-0.39, 0.29) is 38.5 Å². The average molecular weight is 422 g/mol. The molecule has 30 heavy (non-hydrogen) atoms. The van der Waals surface area contributed by atoms with Crippen molar-refractivity contribution in [3.05, 3.63) is 35.9 Å². The standard InChI is InChI=1S/C21H30N2O7/c1-3-7-15(2)30-19(25)11-10-18(24)23-17(20(26)27)12-13-22-21(28)29-14-16-8-5-4-6-9-16/h4-6,8-9,15,17H,3,7,10-14H2,1-2H3,(H,22,28)(H,23,24)(H,26,27)/t15?,17-/m0/s1. The SMILES string of the molecule is CCCC(C)OC(=O)CCC(=O)N[C@@H](CCNC(=O)OCc1ccccc1)C(=O)O. The predicted octanol–water partition coefficient (Wildman–Crippen LogP) is 2.38. The largest absolute Gasteiger partial charge is 0.480 e. The molecule has 1 unspecified atom stereocenters. The van der Waals surface area contributed by atoms with Crippen molar-refractivity contribution in [2.75, 3.05) is 6.54 Å². The van der Waals surface area contributed by atoms with Crippen molar-refractivity contribution < 1.29 is 33.8 Å². The summed E-state index contributed by atoms with van der Waals surface area (Å²) < 4.78 is 10.2. The van der Waals surface area contributed by atoms with Crippen molar-refractivity contribution in [3.8, 4) is 0 Å². The van der Waals surface area contributed by atoms with Gasteiger partial charge in [0.25, 0.3) is 0 Å². The fraction of sp³-hybridized carbons (Fsp3) is 0.524. The van der Waals surface area contributed by atoms with Gasteiger partial charge in [0, 0.05) is 13.0 Å². The molecule has 0 bridgehead atoms. The minimum absolute atomic E-state index is 0.00143. The monoisotopic (exact) mass is 422 g/mol. The van der Waals surface area contributed by atoms with Crippen LogP contribution in [0.2, 0.25) is 0 Å². The van der Waals surface area contributed by atoms with Gasteiger partial charge in [0.15, 0.2) is 0 Å². The first-order chi connectivity index (χ1) is 14.3. The summed E-state index contributed by atoms with van der Waals surface area (Å²) >= 11 is 0. The van der Waals surface area contributed by atoms with Gasteiger partial charge in [-0.15, -0.1) is 0 Å². The van der Waals surface area contributed by atoms with Crippen LogP contribution in [0.4, 0.5) is 4.79 Å². The summed E-state index contributed by atoms with van der Waals surface area (Å²) in [4.78, 5) is 46.6. The van der Waals surface area contributed by atoms with Crippen LogP contribution < -0.4 is 10.6 Å². The highest BCUT2D eigenvalue weighted by Gasteiger charge is 2.21. The summed E-state index contributed by atoms with van der Waals surface area (Å²) in [6.45, 7) is 3.85. The quantitative estimate of drug-likeness (QED) is 0.416. The van der Waals surface area contributed by atoms with Gasteiger partial charge in [-0.05, 0) is 25.3 Å². The van der Waals surface area contributed by atoms with E-state index in [1.165, 1.54) is 0 Å². The molecule has 3 N–H and O–H groups in total. The number of rotatable bonds is 13. The maximum atomic E-state index is 11.9. The fourth-order valence-electron chi connectivity index (χ4n) is 2.58. The lowest BCUT2D eigenvalue weighted by Crippen LogP contribution is -2.43. The fourth-order valence-corrected chi connectivity index (χ4v) is 2.58. The average Bonchev–Trinajstić information content (AvgIpc) is 2.70. The highest BCUT2D eigenvalue weighted by atomic mass is 16.5. The maximum absolute atomic E-state index is 11.9. The van der Waals surface area contributed by atoms with E-state index in [9.17, 15) is 24.3 Å². The summed E-state index contributed by atoms with van der Waals surface area (Å²) in [6.07, 6.45) is 0.385. The van der Waals surface area contributed by atoms with Crippen LogP contribution in [-0.4, -0.2) is 47.7 Å². The van der Waals surface area contributed by atoms with Gasteiger partial charge in [0.05, 0.1) is 12.5 Å². The Morgan fingerprint density at radius 3 is 2.40 bits per heavy atom. The van der Waals surface area contributed by atoms with E-state index in [0.717, 1.165) is 18.4 Å². The third-order valence-corrected chi connectivity index (χ3v) is 4.13. The molecule has 0 radical (unpaired) electrons. The molecule has 0 aliphatic heterocycles. The van der Waals surface area contributed by atoms with Crippen LogP contribution >= 0.6 is 0 Å². The van der Waals surface area contributed by atoms with Gasteiger partial charge in [-0.1, -0.05) is 43.7 Å². The van der Waals surface area contributed by atoms with Crippen molar-refractivity contribution in [2.45, 2.75) is 64.7 Å². The van der Waals surface area contributed by atoms with Crippen LogP contribution in [0.1, 0.15) is 51.5 Å². The van der Waals surface area contributed by atoms with Gasteiger partial charge < -0.3 is 25.2 Å². The highest BCUT2D eigenvalue weighted by Crippen LogP contribution is 2.04. The zero-order valence-electron chi connectivity index (χ0n) is 17.4. The second kappa shape index (κ2) is 14.0. The number of alkyl carbamates (subject to hydrolysis) is 1. The van der Waals surface area contributed by atoms with Crippen molar-refractivity contribution in [2.24, 2.45) is 0 Å². The maximum Gasteiger partial charge on any atom is 0.407 e. The first-order valence-electron chi connectivity index (χ1n) is 9.98. The minimum Gasteiger partial charge on any atom is -0.480 e. The molecule has 0 saturated heterocycles. The van der Waals surface area contributed by atoms with Gasteiger partial charge in [-0.25, -0.2) is 9.59 Å². The highest BCUT2D eigenvalue weighted by molar-refractivity contribution is 5.85. The molecule has 0 aliphatic carbocycles. The lowest BCUT2D eigenvalue weighted by Gasteiger charge is -2.15. The number of carboxylic acids is 1. The van der Waals surface area contributed by atoms with E-state index < -0.39 is 30.0 Å². The number of nitrogens with one attached hydrogen (secondary N) is 2. The van der Waals surface area contributed by atoms with Crippen molar-refractivity contribution >= 4 is 23.9 Å². The van der Waals surface area contributed by atoms with Gasteiger partial charge in [0.2, 0.25) is 5.91 Å². The zero-order valence-corrected chi connectivity index (χ0v) is 17.4. The molecule has 0 fully saturated rings. The molecule has 0 aliphatic rings. The summed E-state index contributed by atoms with van der Waals surface area (Å²) in [7, 11) is 0. The smallest absolute Gasteiger partial charge is 0.407 e. The van der Waals surface area contributed by atoms with E-state index in [2.05, 4.69) is 10.6 Å². The van der Waals surface area contributed by atoms with Gasteiger partial charge in [0.1, 0.15) is 12.6 Å². The number of ether oxygens (including phenoxy) is 2. The van der Waals surface area contributed by atoms with E-state index in [4.69, 9.17) is 9.47 Å². The third kappa shape index (κ3) is 11.0. The Morgan fingerprint density at radius 1 is 1.07 bits per heavy atom. The molecule has 1 rings (SSSR count). The topological polar surface area (TPSA) is 131 Å². The first kappa shape index (κ1) is 24.9. The van der Waals surface area contributed by atoms with E-state index in [0.29, 0.717) is 0 Å². The van der Waals surface area contributed by atoms with E-state index in [1.54, 1.807) is 6.92 Å². The molecule has 9 nitrogen and oxygen atoms in total. The van der Waals surface area contributed by atoms with E-state index in [1.807, 2.05) is 37.3 Å². The predicted molar refractivity (Wildman–Crippen MR) is 109 cm³/mol. The molecule has 0 spiro atoms. The lowest BCUT2D eigenvalue weighted by atomic mass is 10.2. The molecule has 2 atom stereocenters. The summed E-state index contributed by atoms with van der Waals surface area (Å²) in [6, 6.07) is 7.92. The Morgan fingerprint density at radius 2 is 1.77 bits per heavy atom. The Hall–Kier alpha value is -3.10. The van der Waals surface area contributed by atoms with Crippen LogP contribution in [0.5, 0.6) is 0 Å². The number of aliphatic carboxylic acids is 1. The number of carbonyl (C=O) groups is 4. The Bertz CT molecular complexity index is 694. The molecule has 0 heterocycles. The molecular weight excluding hydrogens is 392 g/mol. The molecule has 1 aromatic rings.